The molecule has 3 N–H and O–H groups in total. The van der Waals surface area contributed by atoms with E-state index in [0.717, 1.165) is 6.42 Å². The number of amides is 1. The summed E-state index contributed by atoms with van der Waals surface area (Å²) in [7, 11) is 0. The maximum atomic E-state index is 12.6. The van der Waals surface area contributed by atoms with Crippen LogP contribution in [0.15, 0.2) is 0 Å². The Labute approximate surface area is 120 Å². The Morgan fingerprint density at radius 3 is 2.45 bits per heavy atom. The molecule has 0 radical (unpaired) electrons. The molecule has 1 rings (SSSR count). The Morgan fingerprint density at radius 2 is 2.00 bits per heavy atom. The number of nitrogens with two attached hydrogens (primary N) is 1. The van der Waals surface area contributed by atoms with Crippen LogP contribution in [0, 0.1) is 11.3 Å². The van der Waals surface area contributed by atoms with Crippen LogP contribution in [-0.2, 0) is 14.3 Å². The van der Waals surface area contributed by atoms with E-state index in [1.807, 2.05) is 27.7 Å². The summed E-state index contributed by atoms with van der Waals surface area (Å²) < 4.78 is 5.26. The third kappa shape index (κ3) is 3.70. The van der Waals surface area contributed by atoms with E-state index in [0.29, 0.717) is 6.54 Å². The van der Waals surface area contributed by atoms with Gasteiger partial charge in [-0.15, -0.1) is 0 Å². The van der Waals surface area contributed by atoms with Crippen LogP contribution in [0.25, 0.3) is 0 Å². The Balaban J connectivity index is 2.93. The van der Waals surface area contributed by atoms with Crippen molar-refractivity contribution in [2.45, 2.75) is 46.2 Å². The highest BCUT2D eigenvalue weighted by Crippen LogP contribution is 2.25. The first-order valence-electron chi connectivity index (χ1n) is 7.06. The summed E-state index contributed by atoms with van der Waals surface area (Å²) in [6.07, 6.45) is 0.755. The minimum atomic E-state index is -0.925. The van der Waals surface area contributed by atoms with E-state index < -0.39 is 24.0 Å². The lowest BCUT2D eigenvalue weighted by Gasteiger charge is -2.36. The number of nitrogens with zero attached hydrogens (tertiary/aromatic N) is 1. The van der Waals surface area contributed by atoms with E-state index in [1.165, 1.54) is 0 Å². The monoisotopic (exact) mass is 286 g/mol. The van der Waals surface area contributed by atoms with E-state index >= 15 is 0 Å². The fraction of sp³-hybridized carbons (Fsp3) is 0.857. The molecule has 0 aromatic rings. The van der Waals surface area contributed by atoms with Gasteiger partial charge in [0.1, 0.15) is 5.92 Å². The second kappa shape index (κ2) is 6.54. The van der Waals surface area contributed by atoms with Crippen LogP contribution in [0.2, 0.25) is 0 Å². The van der Waals surface area contributed by atoms with Gasteiger partial charge in [0.2, 0.25) is 5.91 Å². The molecule has 6 heteroatoms. The second-order valence-corrected chi connectivity index (χ2v) is 6.42. The van der Waals surface area contributed by atoms with Gasteiger partial charge < -0.3 is 20.5 Å². The van der Waals surface area contributed by atoms with Crippen molar-refractivity contribution in [1.82, 2.24) is 4.90 Å². The summed E-state index contributed by atoms with van der Waals surface area (Å²) in [4.78, 5) is 25.4. The Hall–Kier alpha value is -1.14. The molecule has 6 nitrogen and oxygen atoms in total. The van der Waals surface area contributed by atoms with Crippen molar-refractivity contribution in [3.05, 3.63) is 0 Å². The molecule has 1 fully saturated rings. The second-order valence-electron chi connectivity index (χ2n) is 6.42. The van der Waals surface area contributed by atoms with E-state index in [9.17, 15) is 14.7 Å². The van der Waals surface area contributed by atoms with E-state index in [4.69, 9.17) is 10.5 Å². The summed E-state index contributed by atoms with van der Waals surface area (Å²) in [5.74, 6) is -1.79. The van der Waals surface area contributed by atoms with Gasteiger partial charge in [0.05, 0.1) is 25.3 Å². The summed E-state index contributed by atoms with van der Waals surface area (Å²) in [5.41, 5.74) is 5.68. The van der Waals surface area contributed by atoms with E-state index in [-0.39, 0.29) is 24.5 Å². The average molecular weight is 286 g/mol. The number of carbonyl (C=O) groups is 2. The fourth-order valence-electron chi connectivity index (χ4n) is 2.32. The lowest BCUT2D eigenvalue weighted by atomic mass is 9.86. The van der Waals surface area contributed by atoms with Gasteiger partial charge in [-0.05, 0) is 11.8 Å². The number of rotatable bonds is 5. The van der Waals surface area contributed by atoms with Crippen molar-refractivity contribution < 1.29 is 19.4 Å². The summed E-state index contributed by atoms with van der Waals surface area (Å²) in [6, 6.07) is -1.07. The molecule has 0 spiro atoms. The molecule has 0 aromatic heterocycles. The summed E-state index contributed by atoms with van der Waals surface area (Å²) in [5, 5.41) is 9.23. The van der Waals surface area contributed by atoms with Crippen LogP contribution < -0.4 is 5.73 Å². The lowest BCUT2D eigenvalue weighted by molar-refractivity contribution is -0.146. The Bertz CT molecular complexity index is 365. The smallest absolute Gasteiger partial charge is 0.311 e. The van der Waals surface area contributed by atoms with Crippen molar-refractivity contribution in [3.63, 3.8) is 0 Å². The topological polar surface area (TPSA) is 92.9 Å². The van der Waals surface area contributed by atoms with Crippen molar-refractivity contribution in [2.75, 3.05) is 19.8 Å². The zero-order valence-corrected chi connectivity index (χ0v) is 12.8. The predicted octanol–water partition coefficient (Wildman–Crippen LogP) is 0.698. The summed E-state index contributed by atoms with van der Waals surface area (Å²) in [6.45, 7) is 8.57. The standard InChI is InChI=1S/C14H26N2O4/c1-5-6-16(12(17)11(15)14(2,3)4)10-8-20-7-9(10)13(18)19/h9-11H,5-8,15H2,1-4H3,(H,18,19). The van der Waals surface area contributed by atoms with Gasteiger partial charge >= 0.3 is 5.97 Å². The highest BCUT2D eigenvalue weighted by molar-refractivity contribution is 5.83. The minimum Gasteiger partial charge on any atom is -0.481 e. The lowest BCUT2D eigenvalue weighted by Crippen LogP contribution is -2.56. The number of carbonyl (C=O) groups excluding carboxylic acids is 1. The van der Waals surface area contributed by atoms with Gasteiger partial charge in [0.15, 0.2) is 0 Å². The van der Waals surface area contributed by atoms with Gasteiger partial charge in [-0.3, -0.25) is 9.59 Å². The molecule has 20 heavy (non-hydrogen) atoms. The van der Waals surface area contributed by atoms with E-state index in [2.05, 4.69) is 0 Å². The van der Waals surface area contributed by atoms with Crippen LogP contribution in [0.5, 0.6) is 0 Å². The molecule has 1 amide bonds. The molecule has 1 aliphatic heterocycles. The summed E-state index contributed by atoms with van der Waals surface area (Å²) >= 11 is 0. The molecule has 0 bridgehead atoms. The van der Waals surface area contributed by atoms with Gasteiger partial charge in [-0.2, -0.15) is 0 Å². The van der Waals surface area contributed by atoms with Crippen LogP contribution in [-0.4, -0.2) is 53.7 Å². The van der Waals surface area contributed by atoms with Gasteiger partial charge in [-0.1, -0.05) is 27.7 Å². The zero-order chi connectivity index (χ0) is 15.5. The molecule has 1 saturated heterocycles. The molecule has 0 aromatic carbocycles. The van der Waals surface area contributed by atoms with Crippen LogP contribution >= 0.6 is 0 Å². The Morgan fingerprint density at radius 1 is 1.40 bits per heavy atom. The van der Waals surface area contributed by atoms with Gasteiger partial charge in [0, 0.05) is 6.54 Å². The zero-order valence-electron chi connectivity index (χ0n) is 12.8. The first-order chi connectivity index (χ1) is 9.20. The van der Waals surface area contributed by atoms with E-state index in [1.54, 1.807) is 4.90 Å². The highest BCUT2D eigenvalue weighted by atomic mass is 16.5. The highest BCUT2D eigenvalue weighted by Gasteiger charge is 2.42. The first kappa shape index (κ1) is 16.9. The van der Waals surface area contributed by atoms with Crippen molar-refractivity contribution in [2.24, 2.45) is 17.1 Å². The molecular weight excluding hydrogens is 260 g/mol. The normalized spacial score (nSPS) is 24.4. The van der Waals surface area contributed by atoms with Crippen LogP contribution in [0.3, 0.4) is 0 Å². The molecule has 116 valence electrons. The van der Waals surface area contributed by atoms with Gasteiger partial charge in [-0.25, -0.2) is 0 Å². The fourth-order valence-corrected chi connectivity index (χ4v) is 2.32. The third-order valence-electron chi connectivity index (χ3n) is 3.71. The van der Waals surface area contributed by atoms with Crippen LogP contribution in [0.4, 0.5) is 0 Å². The third-order valence-corrected chi connectivity index (χ3v) is 3.71. The van der Waals surface area contributed by atoms with Crippen molar-refractivity contribution >= 4 is 11.9 Å². The quantitative estimate of drug-likeness (QED) is 0.776. The maximum Gasteiger partial charge on any atom is 0.311 e. The predicted molar refractivity (Wildman–Crippen MR) is 75.2 cm³/mol. The molecule has 1 heterocycles. The number of hydrogen-bond donors (Lipinski definition) is 2. The molecular formula is C14H26N2O4. The number of carboxylic acid groups (broad SMARTS) is 1. The maximum absolute atomic E-state index is 12.6. The molecule has 0 aliphatic carbocycles. The molecule has 3 atom stereocenters. The first-order valence-corrected chi connectivity index (χ1v) is 7.06. The largest absolute Gasteiger partial charge is 0.481 e. The minimum absolute atomic E-state index is 0.151. The SMILES string of the molecule is CCCN(C(=O)C(N)C(C)(C)C)C1COCC1C(=O)O. The van der Waals surface area contributed by atoms with Gasteiger partial charge in [0.25, 0.3) is 0 Å². The van der Waals surface area contributed by atoms with Crippen LogP contribution in [0.1, 0.15) is 34.1 Å². The molecule has 3 unspecified atom stereocenters. The Kier molecular flexibility index (Phi) is 5.53. The number of hydrogen-bond acceptors (Lipinski definition) is 4. The molecule has 0 saturated carbocycles. The number of ether oxygens (including phenoxy) is 1. The average Bonchev–Trinajstić information content (AvgIpc) is 2.82. The van der Waals surface area contributed by atoms with Crippen molar-refractivity contribution in [1.29, 1.82) is 0 Å². The number of carboxylic acids is 1. The number of aliphatic carboxylic acids is 1. The molecule has 1 aliphatic rings. The van der Waals surface area contributed by atoms with Crippen molar-refractivity contribution in [3.8, 4) is 0 Å².